The van der Waals surface area contributed by atoms with Crippen molar-refractivity contribution >= 4 is 13.7 Å². The van der Waals surface area contributed by atoms with E-state index >= 15 is 0 Å². The van der Waals surface area contributed by atoms with E-state index in [9.17, 15) is 19.4 Å². The highest BCUT2D eigenvalue weighted by molar-refractivity contribution is 7.47. The van der Waals surface area contributed by atoms with E-state index in [4.69, 9.17) is 9.05 Å². The predicted octanol–water partition coefficient (Wildman–Crippen LogP) is 17.4. The van der Waals surface area contributed by atoms with Gasteiger partial charge in [-0.3, -0.25) is 13.8 Å². The fraction of sp³-hybridized carbons (Fsp3) is 0.661. The van der Waals surface area contributed by atoms with E-state index < -0.39 is 20.0 Å². The van der Waals surface area contributed by atoms with Crippen molar-refractivity contribution in [3.05, 3.63) is 122 Å². The number of nitrogens with one attached hydrogen (secondary N) is 1. The number of aliphatic hydroxyl groups excluding tert-OH is 1. The van der Waals surface area contributed by atoms with Crippen molar-refractivity contribution < 1.29 is 32.9 Å². The number of carbonyl (C=O) groups is 1. The van der Waals surface area contributed by atoms with E-state index in [1.807, 2.05) is 27.2 Å². The second-order valence-electron chi connectivity index (χ2n) is 19.9. The lowest BCUT2D eigenvalue weighted by Gasteiger charge is -2.25. The van der Waals surface area contributed by atoms with Crippen LogP contribution in [0, 0.1) is 0 Å². The van der Waals surface area contributed by atoms with Crippen LogP contribution in [0.2, 0.25) is 0 Å². The molecule has 8 nitrogen and oxygen atoms in total. The zero-order valence-electron chi connectivity index (χ0n) is 46.2. The Morgan fingerprint density at radius 1 is 0.493 bits per heavy atom. The summed E-state index contributed by atoms with van der Waals surface area (Å²) in [6.07, 6.45) is 77.3. The first-order valence-corrected chi connectivity index (χ1v) is 29.9. The highest BCUT2D eigenvalue weighted by Crippen LogP contribution is 2.43. The van der Waals surface area contributed by atoms with Gasteiger partial charge in [0.1, 0.15) is 13.2 Å². The average Bonchev–Trinajstić information content (AvgIpc) is 3.33. The molecule has 3 unspecified atom stereocenters. The summed E-state index contributed by atoms with van der Waals surface area (Å²) in [6, 6.07) is -0.857. The fourth-order valence-electron chi connectivity index (χ4n) is 7.50. The maximum Gasteiger partial charge on any atom is 0.472 e. The number of hydrogen-bond acceptors (Lipinski definition) is 5. The molecule has 0 aromatic heterocycles. The summed E-state index contributed by atoms with van der Waals surface area (Å²) in [4.78, 5) is 23.2. The van der Waals surface area contributed by atoms with Crippen molar-refractivity contribution in [1.82, 2.24) is 5.32 Å². The van der Waals surface area contributed by atoms with Crippen LogP contribution < -0.4 is 5.32 Å². The molecule has 0 aliphatic heterocycles. The number of phosphoric ester groups is 1. The highest BCUT2D eigenvalue weighted by atomic mass is 31.2. The first-order valence-electron chi connectivity index (χ1n) is 28.4. The van der Waals surface area contributed by atoms with Gasteiger partial charge in [0.15, 0.2) is 0 Å². The van der Waals surface area contributed by atoms with Crippen LogP contribution in [0.4, 0.5) is 0 Å². The van der Waals surface area contributed by atoms with E-state index in [0.29, 0.717) is 17.4 Å². The molecule has 0 aliphatic rings. The Balaban J connectivity index is 4.12. The van der Waals surface area contributed by atoms with E-state index in [2.05, 4.69) is 129 Å². The Kier molecular flexibility index (Phi) is 49.5. The number of hydrogen-bond donors (Lipinski definition) is 3. The van der Waals surface area contributed by atoms with Gasteiger partial charge in [-0.05, 0) is 89.9 Å². The molecule has 1 amide bonds. The van der Waals surface area contributed by atoms with Crippen LogP contribution in [-0.4, -0.2) is 73.4 Å². The number of likely N-dealkylation sites (N-methyl/N-ethyl adjacent to an activating group) is 1. The number of nitrogens with zero attached hydrogens (tertiary/aromatic N) is 1. The van der Waals surface area contributed by atoms with Gasteiger partial charge < -0.3 is 19.8 Å². The highest BCUT2D eigenvalue weighted by Gasteiger charge is 2.27. The van der Waals surface area contributed by atoms with Crippen LogP contribution in [-0.2, 0) is 18.4 Å². The van der Waals surface area contributed by atoms with Crippen molar-refractivity contribution in [1.29, 1.82) is 0 Å². The summed E-state index contributed by atoms with van der Waals surface area (Å²) < 4.78 is 23.6. The SMILES string of the molecule is CC/C=C\C/C=C\C/C=C\C/C=C\C/C=C\C/C=C\C/C=C\C/C=C\C/C=C\CCCCCCCCCCCC(=O)NC(COP(=O)(O)OCC[N+](C)(C)C)C(O)/C=C/CCCCCCCCCCCC. The van der Waals surface area contributed by atoms with Crippen LogP contribution in [0.5, 0.6) is 0 Å². The van der Waals surface area contributed by atoms with E-state index in [0.717, 1.165) is 103 Å². The molecule has 0 aromatic rings. The molecule has 0 heterocycles. The Morgan fingerprint density at radius 3 is 1.24 bits per heavy atom. The Labute approximate surface area is 437 Å². The van der Waals surface area contributed by atoms with Crippen molar-refractivity contribution in [2.45, 2.75) is 225 Å². The summed E-state index contributed by atoms with van der Waals surface area (Å²) in [6.45, 7) is 4.67. The Bertz CT molecular complexity index is 1560. The van der Waals surface area contributed by atoms with Gasteiger partial charge in [0, 0.05) is 6.42 Å². The van der Waals surface area contributed by atoms with E-state index in [1.54, 1.807) is 6.08 Å². The third-order valence-electron chi connectivity index (χ3n) is 11.9. The molecule has 0 aromatic carbocycles. The van der Waals surface area contributed by atoms with E-state index in [-0.39, 0.29) is 19.1 Å². The van der Waals surface area contributed by atoms with Gasteiger partial charge in [-0.15, -0.1) is 0 Å². The smallest absolute Gasteiger partial charge is 0.387 e. The van der Waals surface area contributed by atoms with Crippen LogP contribution in [0.3, 0.4) is 0 Å². The van der Waals surface area contributed by atoms with Gasteiger partial charge in [-0.2, -0.15) is 0 Å². The second-order valence-corrected chi connectivity index (χ2v) is 21.4. The third kappa shape index (κ3) is 54.5. The quantitative estimate of drug-likeness (QED) is 0.0243. The summed E-state index contributed by atoms with van der Waals surface area (Å²) in [5, 5.41) is 13.9. The Hall–Kier alpha value is -3.10. The van der Waals surface area contributed by atoms with Crippen molar-refractivity contribution in [2.75, 3.05) is 40.9 Å². The van der Waals surface area contributed by atoms with Gasteiger partial charge in [0.25, 0.3) is 0 Å². The van der Waals surface area contributed by atoms with Gasteiger partial charge >= 0.3 is 7.82 Å². The lowest BCUT2D eigenvalue weighted by molar-refractivity contribution is -0.870. The van der Waals surface area contributed by atoms with Crippen LogP contribution >= 0.6 is 7.82 Å². The maximum atomic E-state index is 12.9. The molecule has 0 saturated heterocycles. The van der Waals surface area contributed by atoms with Gasteiger partial charge in [0.2, 0.25) is 5.91 Å². The minimum absolute atomic E-state index is 0.0546. The third-order valence-corrected chi connectivity index (χ3v) is 12.9. The minimum atomic E-state index is -4.35. The molecule has 406 valence electrons. The average molecular weight is 1010 g/mol. The van der Waals surface area contributed by atoms with Gasteiger partial charge in [0.05, 0.1) is 39.9 Å². The van der Waals surface area contributed by atoms with E-state index in [1.165, 1.54) is 89.9 Å². The predicted molar refractivity (Wildman–Crippen MR) is 308 cm³/mol. The molecule has 71 heavy (non-hydrogen) atoms. The number of aliphatic hydroxyl groups is 1. The zero-order valence-corrected chi connectivity index (χ0v) is 47.1. The molecular formula is C62H108N2O6P+. The number of rotatable bonds is 50. The number of carbonyl (C=O) groups excluding carboxylic acids is 1. The number of quaternary nitrogens is 1. The van der Waals surface area contributed by atoms with Crippen molar-refractivity contribution in [3.63, 3.8) is 0 Å². The normalized spacial score (nSPS) is 14.9. The lowest BCUT2D eigenvalue weighted by Crippen LogP contribution is -2.45. The summed E-state index contributed by atoms with van der Waals surface area (Å²) in [5.41, 5.74) is 0. The molecule has 0 radical (unpaired) electrons. The standard InChI is InChI=1S/C62H107N2O6P/c1-6-8-10-12-14-16-18-20-21-22-23-24-25-26-27-28-29-30-31-32-33-34-35-36-37-38-39-40-41-42-43-44-46-48-50-52-54-56-62(66)63-60(59-70-71(67,68)69-58-57-64(3,4)5)61(65)55-53-51-49-47-45-19-17-15-13-11-9-7-2/h8,10,14,16,20-21,23-24,26-27,29-30,32-33,35-36,38-39,53,55,60-61,65H,6-7,9,11-13,15,17-19,22,25,28,31,34,37,40-52,54,56-59H2,1-5H3,(H-,63,66,67,68)/p+1/b10-8-,16-14-,21-20-,24-23-,27-26-,30-29-,33-32-,36-35-,39-38-,55-53+. The molecule has 0 fully saturated rings. The zero-order chi connectivity index (χ0) is 52.0. The minimum Gasteiger partial charge on any atom is -0.387 e. The first kappa shape index (κ1) is 67.9. The molecule has 0 aliphatic carbocycles. The monoisotopic (exact) mass is 1010 g/mol. The second kappa shape index (κ2) is 51.8. The van der Waals surface area contributed by atoms with Gasteiger partial charge in [-0.1, -0.05) is 238 Å². The molecule has 0 saturated carbocycles. The number of allylic oxidation sites excluding steroid dienone is 19. The molecule has 9 heteroatoms. The number of amides is 1. The summed E-state index contributed by atoms with van der Waals surface area (Å²) in [5.74, 6) is -0.190. The van der Waals surface area contributed by atoms with Crippen LogP contribution in [0.1, 0.15) is 213 Å². The molecule has 0 spiro atoms. The topological polar surface area (TPSA) is 105 Å². The lowest BCUT2D eigenvalue weighted by atomic mass is 10.0. The summed E-state index contributed by atoms with van der Waals surface area (Å²) >= 11 is 0. The molecular weight excluding hydrogens is 900 g/mol. The van der Waals surface area contributed by atoms with Crippen molar-refractivity contribution in [3.8, 4) is 0 Å². The number of phosphoric acid groups is 1. The molecule has 0 rings (SSSR count). The summed E-state index contributed by atoms with van der Waals surface area (Å²) in [7, 11) is 1.55. The molecule has 3 N–H and O–H groups in total. The largest absolute Gasteiger partial charge is 0.472 e. The maximum absolute atomic E-state index is 12.9. The van der Waals surface area contributed by atoms with Crippen molar-refractivity contribution in [2.24, 2.45) is 0 Å². The van der Waals surface area contributed by atoms with Crippen LogP contribution in [0.15, 0.2) is 122 Å². The number of unbranched alkanes of at least 4 members (excludes halogenated alkanes) is 19. The molecule has 0 bridgehead atoms. The van der Waals surface area contributed by atoms with Gasteiger partial charge in [-0.25, -0.2) is 4.57 Å². The van der Waals surface area contributed by atoms with Crippen LogP contribution in [0.25, 0.3) is 0 Å². The molecule has 3 atom stereocenters. The first-order chi connectivity index (χ1) is 34.5. The Morgan fingerprint density at radius 2 is 0.845 bits per heavy atom. The fourth-order valence-corrected chi connectivity index (χ4v) is 8.24.